The summed E-state index contributed by atoms with van der Waals surface area (Å²) in [5.74, 6) is 1.80. The van der Waals surface area contributed by atoms with Crippen LogP contribution in [0.5, 0.6) is 5.75 Å². The number of ether oxygens (including phenoxy) is 1. The van der Waals surface area contributed by atoms with Crippen molar-refractivity contribution >= 4 is 27.7 Å². The molecule has 0 bridgehead atoms. The average Bonchev–Trinajstić information content (AvgIpc) is 2.70. The van der Waals surface area contributed by atoms with Gasteiger partial charge in [0.05, 0.1) is 0 Å². The number of benzene rings is 1. The van der Waals surface area contributed by atoms with Crippen LogP contribution in [0, 0.1) is 5.92 Å². The molecule has 1 saturated carbocycles. The Hall–Kier alpha value is -2.07. The molecule has 1 aromatic carbocycles. The molecule has 0 unspecified atom stereocenters. The lowest BCUT2D eigenvalue weighted by molar-refractivity contribution is -0.274. The fourth-order valence-corrected chi connectivity index (χ4v) is 4.01. The van der Waals surface area contributed by atoms with E-state index in [0.717, 1.165) is 38.0 Å². The van der Waals surface area contributed by atoms with Gasteiger partial charge in [-0.15, -0.1) is 13.2 Å². The van der Waals surface area contributed by atoms with Crippen LogP contribution in [0.25, 0.3) is 0 Å². The summed E-state index contributed by atoms with van der Waals surface area (Å²) < 4.78 is 42.6. The molecule has 6 nitrogen and oxygen atoms in total. The number of aromatic nitrogens is 2. The third kappa shape index (κ3) is 7.53. The van der Waals surface area contributed by atoms with E-state index in [1.54, 1.807) is 18.3 Å². The van der Waals surface area contributed by atoms with Crippen LogP contribution in [0.4, 0.5) is 24.9 Å². The van der Waals surface area contributed by atoms with Gasteiger partial charge in [-0.05, 0) is 56.3 Å². The second-order valence-corrected chi connectivity index (χ2v) is 8.84. The third-order valence-corrected chi connectivity index (χ3v) is 5.78. The van der Waals surface area contributed by atoms with Gasteiger partial charge in [0.1, 0.15) is 11.6 Å². The van der Waals surface area contributed by atoms with Crippen molar-refractivity contribution in [1.29, 1.82) is 0 Å². The first-order valence-electron chi connectivity index (χ1n) is 10.2. The highest BCUT2D eigenvalue weighted by molar-refractivity contribution is 9.10. The van der Waals surface area contributed by atoms with Gasteiger partial charge in [-0.1, -0.05) is 22.0 Å². The minimum atomic E-state index is -4.71. The van der Waals surface area contributed by atoms with E-state index in [1.165, 1.54) is 6.07 Å². The van der Waals surface area contributed by atoms with E-state index in [-0.39, 0.29) is 5.75 Å². The highest BCUT2D eigenvalue weighted by atomic mass is 79.9. The quantitative estimate of drug-likeness (QED) is 0.532. The molecule has 1 heterocycles. The number of anilines is 2. The van der Waals surface area contributed by atoms with Crippen molar-refractivity contribution in [1.82, 2.24) is 15.3 Å². The first kappa shape index (κ1) is 23.6. The van der Waals surface area contributed by atoms with Gasteiger partial charge in [0.15, 0.2) is 0 Å². The predicted molar refractivity (Wildman–Crippen MR) is 118 cm³/mol. The molecule has 0 radical (unpaired) electrons. The molecule has 0 spiro atoms. The molecule has 1 aliphatic carbocycles. The summed E-state index contributed by atoms with van der Waals surface area (Å²) in [6, 6.07) is 6.89. The van der Waals surface area contributed by atoms with E-state index in [0.29, 0.717) is 34.5 Å². The minimum absolute atomic E-state index is 0.178. The molecule has 0 saturated heterocycles. The van der Waals surface area contributed by atoms with Gasteiger partial charge in [-0.25, -0.2) is 4.98 Å². The van der Waals surface area contributed by atoms with Crippen molar-refractivity contribution in [3.8, 4) is 5.75 Å². The zero-order valence-corrected chi connectivity index (χ0v) is 19.1. The highest BCUT2D eigenvalue weighted by Gasteiger charge is 2.32. The Morgan fingerprint density at radius 3 is 2.58 bits per heavy atom. The average molecular weight is 502 g/mol. The number of nitrogens with zero attached hydrogens (tertiary/aromatic N) is 3. The van der Waals surface area contributed by atoms with Gasteiger partial charge in [0, 0.05) is 42.9 Å². The molecule has 1 aliphatic rings. The summed E-state index contributed by atoms with van der Waals surface area (Å²) in [6.07, 6.45) is 1.11. The second kappa shape index (κ2) is 10.5. The summed E-state index contributed by atoms with van der Waals surface area (Å²) in [5.41, 5.74) is 0.480. The summed E-state index contributed by atoms with van der Waals surface area (Å²) >= 11 is 3.19. The summed E-state index contributed by atoms with van der Waals surface area (Å²) in [5, 5.41) is 6.70. The molecule has 0 atom stereocenters. The number of alkyl halides is 3. The molecule has 31 heavy (non-hydrogen) atoms. The van der Waals surface area contributed by atoms with E-state index < -0.39 is 6.36 Å². The maximum absolute atomic E-state index is 12.6. The van der Waals surface area contributed by atoms with Crippen LogP contribution >= 0.6 is 15.9 Å². The monoisotopic (exact) mass is 501 g/mol. The third-order valence-electron chi connectivity index (χ3n) is 5.28. The van der Waals surface area contributed by atoms with Crippen LogP contribution in [0.1, 0.15) is 31.2 Å². The van der Waals surface area contributed by atoms with Crippen LogP contribution in [0.15, 0.2) is 34.9 Å². The van der Waals surface area contributed by atoms with E-state index >= 15 is 0 Å². The maximum Gasteiger partial charge on any atom is 0.573 e. The molecule has 1 aromatic heterocycles. The Bertz CT molecular complexity index is 857. The zero-order chi connectivity index (χ0) is 22.4. The number of nitrogens with one attached hydrogen (secondary N) is 2. The van der Waals surface area contributed by atoms with E-state index in [4.69, 9.17) is 0 Å². The van der Waals surface area contributed by atoms with Crippen LogP contribution < -0.4 is 20.3 Å². The van der Waals surface area contributed by atoms with Gasteiger partial charge in [-0.2, -0.15) is 4.98 Å². The summed E-state index contributed by atoms with van der Waals surface area (Å²) in [4.78, 5) is 10.7. The van der Waals surface area contributed by atoms with Gasteiger partial charge >= 0.3 is 6.36 Å². The van der Waals surface area contributed by atoms with Crippen molar-refractivity contribution in [2.45, 2.75) is 44.6 Å². The second-order valence-electron chi connectivity index (χ2n) is 7.93. The molecule has 2 aromatic rings. The Morgan fingerprint density at radius 2 is 1.90 bits per heavy atom. The number of rotatable bonds is 8. The molecule has 3 rings (SSSR count). The van der Waals surface area contributed by atoms with Crippen molar-refractivity contribution < 1.29 is 17.9 Å². The number of hydrogen-bond donors (Lipinski definition) is 2. The summed E-state index contributed by atoms with van der Waals surface area (Å²) in [6.45, 7) is 1.07. The number of hydrogen-bond acceptors (Lipinski definition) is 6. The Labute approximate surface area is 188 Å². The standard InChI is InChI=1S/C21H27BrF3N5O/c1-30(2)19-9-10-27-20(29-19)28-17-7-3-14(4-8-17)12-26-13-15-5-6-16(22)11-18(15)31-21(23,24)25/h5-6,9-11,14,17,26H,3-4,7-8,12-13H2,1-2H3,(H,27,28,29)/t14-,17+. The first-order chi connectivity index (χ1) is 14.7. The fourth-order valence-electron chi connectivity index (χ4n) is 3.67. The Morgan fingerprint density at radius 1 is 1.16 bits per heavy atom. The normalized spacial score (nSPS) is 19.2. The van der Waals surface area contributed by atoms with Gasteiger partial charge in [-0.3, -0.25) is 0 Å². The van der Waals surface area contributed by atoms with Crippen molar-refractivity contribution in [3.05, 3.63) is 40.5 Å². The molecular formula is C21H27BrF3N5O. The minimum Gasteiger partial charge on any atom is -0.405 e. The van der Waals surface area contributed by atoms with E-state index in [9.17, 15) is 13.2 Å². The molecule has 0 aliphatic heterocycles. The fraction of sp³-hybridized carbons (Fsp3) is 0.524. The molecular weight excluding hydrogens is 475 g/mol. The molecule has 1 fully saturated rings. The highest BCUT2D eigenvalue weighted by Crippen LogP contribution is 2.30. The van der Waals surface area contributed by atoms with Crippen LogP contribution in [0.2, 0.25) is 0 Å². The van der Waals surface area contributed by atoms with E-state index in [1.807, 2.05) is 25.1 Å². The van der Waals surface area contributed by atoms with Crippen molar-refractivity contribution in [3.63, 3.8) is 0 Å². The predicted octanol–water partition coefficient (Wildman–Crippen LogP) is 4.96. The maximum atomic E-state index is 12.6. The Balaban J connectivity index is 1.44. The van der Waals surface area contributed by atoms with Crippen molar-refractivity contribution in [2.75, 3.05) is 30.9 Å². The van der Waals surface area contributed by atoms with E-state index in [2.05, 4.69) is 41.3 Å². The van der Waals surface area contributed by atoms with Gasteiger partial charge < -0.3 is 20.3 Å². The lowest BCUT2D eigenvalue weighted by Gasteiger charge is -2.29. The van der Waals surface area contributed by atoms with Crippen LogP contribution in [0.3, 0.4) is 0 Å². The van der Waals surface area contributed by atoms with Crippen molar-refractivity contribution in [2.24, 2.45) is 5.92 Å². The Kier molecular flexibility index (Phi) is 7.99. The smallest absolute Gasteiger partial charge is 0.405 e. The molecule has 0 amide bonds. The van der Waals surface area contributed by atoms with Crippen LogP contribution in [-0.2, 0) is 6.54 Å². The largest absolute Gasteiger partial charge is 0.573 e. The van der Waals surface area contributed by atoms with Gasteiger partial charge in [0.25, 0.3) is 0 Å². The van der Waals surface area contributed by atoms with Crippen LogP contribution in [-0.4, -0.2) is 43.0 Å². The lowest BCUT2D eigenvalue weighted by Crippen LogP contribution is -2.31. The first-order valence-corrected chi connectivity index (χ1v) is 11.0. The SMILES string of the molecule is CN(C)c1ccnc(N[C@H]2CC[C@@H](CNCc3ccc(Br)cc3OC(F)(F)F)CC2)n1. The lowest BCUT2D eigenvalue weighted by atomic mass is 9.86. The summed E-state index contributed by atoms with van der Waals surface area (Å²) in [7, 11) is 3.88. The molecule has 2 N–H and O–H groups in total. The zero-order valence-electron chi connectivity index (χ0n) is 17.5. The molecule has 10 heteroatoms. The molecule has 170 valence electrons. The van der Waals surface area contributed by atoms with Gasteiger partial charge in [0.2, 0.25) is 5.95 Å². The topological polar surface area (TPSA) is 62.3 Å². The number of halogens is 4.